The van der Waals surface area contributed by atoms with Crippen LogP contribution in [0.25, 0.3) is 0 Å². The van der Waals surface area contributed by atoms with Crippen LogP contribution in [-0.2, 0) is 19.5 Å². The average Bonchev–Trinajstić information content (AvgIpc) is 3.02. The normalized spacial score (nSPS) is 10.8. The Morgan fingerprint density at radius 1 is 1.16 bits per heavy atom. The zero-order valence-corrected chi connectivity index (χ0v) is 14.8. The van der Waals surface area contributed by atoms with E-state index in [-0.39, 0.29) is 0 Å². The summed E-state index contributed by atoms with van der Waals surface area (Å²) in [5, 5.41) is 0. The van der Waals surface area contributed by atoms with Crippen molar-refractivity contribution in [2.24, 2.45) is 5.73 Å². The van der Waals surface area contributed by atoms with Gasteiger partial charge in [-0.2, -0.15) is 0 Å². The van der Waals surface area contributed by atoms with Gasteiger partial charge in [0.25, 0.3) is 0 Å². The first-order valence-electron chi connectivity index (χ1n) is 8.45. The van der Waals surface area contributed by atoms with E-state index in [1.165, 1.54) is 5.56 Å². The zero-order valence-electron chi connectivity index (χ0n) is 14.8. The summed E-state index contributed by atoms with van der Waals surface area (Å²) in [6.45, 7) is 3.98. The minimum atomic E-state index is 0.584. The van der Waals surface area contributed by atoms with Crippen LogP contribution in [-0.4, -0.2) is 33.1 Å². The summed E-state index contributed by atoms with van der Waals surface area (Å²) in [5.74, 6) is 2.66. The molecule has 2 aromatic heterocycles. The predicted octanol–water partition coefficient (Wildman–Crippen LogP) is 2.17. The third-order valence-corrected chi connectivity index (χ3v) is 4.05. The van der Waals surface area contributed by atoms with Gasteiger partial charge in [0.05, 0.1) is 6.54 Å². The summed E-state index contributed by atoms with van der Waals surface area (Å²) >= 11 is 0. The minimum absolute atomic E-state index is 0.584. The molecule has 2 heterocycles. The van der Waals surface area contributed by atoms with Crippen molar-refractivity contribution >= 4 is 5.82 Å². The second-order valence-electron chi connectivity index (χ2n) is 6.12. The van der Waals surface area contributed by atoms with Gasteiger partial charge in [-0.05, 0) is 19.0 Å². The largest absolute Gasteiger partial charge is 0.352 e. The minimum Gasteiger partial charge on any atom is -0.352 e. The smallest absolute Gasteiger partial charge is 0.132 e. The molecule has 130 valence electrons. The van der Waals surface area contributed by atoms with E-state index >= 15 is 0 Å². The molecule has 0 atom stereocenters. The van der Waals surface area contributed by atoms with E-state index in [1.807, 2.05) is 38.5 Å². The first-order chi connectivity index (χ1) is 12.2. The van der Waals surface area contributed by atoms with Gasteiger partial charge in [0, 0.05) is 44.2 Å². The quantitative estimate of drug-likeness (QED) is 0.716. The predicted molar refractivity (Wildman–Crippen MR) is 99.4 cm³/mol. The van der Waals surface area contributed by atoms with Crippen molar-refractivity contribution in [3.63, 3.8) is 0 Å². The lowest BCUT2D eigenvalue weighted by Gasteiger charge is -2.19. The molecule has 0 amide bonds. The summed E-state index contributed by atoms with van der Waals surface area (Å²) in [6.07, 6.45) is 4.62. The molecule has 0 radical (unpaired) electrons. The molecule has 0 unspecified atom stereocenters. The van der Waals surface area contributed by atoms with Crippen molar-refractivity contribution in [3.8, 4) is 0 Å². The second kappa shape index (κ2) is 7.90. The maximum atomic E-state index is 5.65. The molecule has 0 saturated carbocycles. The number of hydrogen-bond donors (Lipinski definition) is 1. The zero-order chi connectivity index (χ0) is 17.6. The molecule has 2 N–H and O–H groups in total. The Labute approximate surface area is 148 Å². The summed E-state index contributed by atoms with van der Waals surface area (Å²) < 4.78 is 2.17. The van der Waals surface area contributed by atoms with Gasteiger partial charge in [0.1, 0.15) is 17.5 Å². The van der Waals surface area contributed by atoms with Crippen molar-refractivity contribution in [1.29, 1.82) is 0 Å². The number of imidazole rings is 1. The number of benzene rings is 1. The highest BCUT2D eigenvalue weighted by Gasteiger charge is 2.11. The van der Waals surface area contributed by atoms with Crippen LogP contribution >= 0.6 is 0 Å². The van der Waals surface area contributed by atoms with E-state index in [0.717, 1.165) is 36.1 Å². The van der Waals surface area contributed by atoms with E-state index in [9.17, 15) is 0 Å². The van der Waals surface area contributed by atoms with Crippen LogP contribution in [0.2, 0.25) is 0 Å². The van der Waals surface area contributed by atoms with Crippen molar-refractivity contribution in [3.05, 3.63) is 71.7 Å². The fraction of sp³-hybridized carbons (Fsp3) is 0.316. The fourth-order valence-corrected chi connectivity index (χ4v) is 2.79. The molecule has 0 aliphatic heterocycles. The molecule has 6 nitrogen and oxygen atoms in total. The Morgan fingerprint density at radius 2 is 1.96 bits per heavy atom. The number of anilines is 1. The van der Waals surface area contributed by atoms with E-state index in [2.05, 4.69) is 48.7 Å². The van der Waals surface area contributed by atoms with Crippen molar-refractivity contribution in [2.45, 2.75) is 26.4 Å². The Morgan fingerprint density at radius 3 is 2.72 bits per heavy atom. The Bertz CT molecular complexity index is 812. The number of hydrogen-bond acceptors (Lipinski definition) is 5. The van der Waals surface area contributed by atoms with E-state index < -0.39 is 0 Å². The molecular formula is C19H24N6. The Hall–Kier alpha value is -2.73. The highest BCUT2D eigenvalue weighted by Crippen LogP contribution is 2.15. The molecule has 0 fully saturated rings. The summed E-state index contributed by atoms with van der Waals surface area (Å²) in [5.41, 5.74) is 7.89. The molecule has 3 aromatic rings. The maximum absolute atomic E-state index is 5.65. The lowest BCUT2D eigenvalue weighted by Crippen LogP contribution is -2.22. The van der Waals surface area contributed by atoms with Crippen LogP contribution in [0, 0.1) is 6.92 Å². The highest BCUT2D eigenvalue weighted by molar-refractivity contribution is 5.39. The number of nitrogens with zero attached hydrogens (tertiary/aromatic N) is 5. The monoisotopic (exact) mass is 336 g/mol. The summed E-state index contributed by atoms with van der Waals surface area (Å²) in [6, 6.07) is 12.4. The van der Waals surface area contributed by atoms with E-state index in [0.29, 0.717) is 13.1 Å². The molecule has 0 spiro atoms. The molecule has 1 aromatic carbocycles. The van der Waals surface area contributed by atoms with Crippen molar-refractivity contribution in [1.82, 2.24) is 19.5 Å². The first-order valence-corrected chi connectivity index (χ1v) is 8.45. The van der Waals surface area contributed by atoms with Crippen LogP contribution in [0.3, 0.4) is 0 Å². The van der Waals surface area contributed by atoms with Gasteiger partial charge in [-0.15, -0.1) is 0 Å². The van der Waals surface area contributed by atoms with Gasteiger partial charge in [0.15, 0.2) is 0 Å². The molecule has 0 saturated heterocycles. The molecule has 0 aliphatic rings. The molecular weight excluding hydrogens is 312 g/mol. The van der Waals surface area contributed by atoms with Gasteiger partial charge in [0.2, 0.25) is 0 Å². The number of aromatic nitrogens is 4. The standard InChI is InChI=1S/C19H24N6/c1-15-22-17(8-9-20)12-18(23-15)24(2)14-19-21-10-11-25(19)13-16-6-4-3-5-7-16/h3-7,10-12H,8-9,13-14,20H2,1-2H3. The number of nitrogens with two attached hydrogens (primary N) is 1. The Balaban J connectivity index is 1.76. The SMILES string of the molecule is Cc1nc(CCN)cc(N(C)Cc2nccn2Cc2ccccc2)n1. The molecule has 0 bridgehead atoms. The lowest BCUT2D eigenvalue weighted by atomic mass is 10.2. The summed E-state index contributed by atoms with van der Waals surface area (Å²) in [4.78, 5) is 15.6. The van der Waals surface area contributed by atoms with Gasteiger partial charge in [-0.1, -0.05) is 30.3 Å². The first kappa shape index (κ1) is 17.1. The molecule has 3 rings (SSSR count). The number of rotatable bonds is 7. The number of aryl methyl sites for hydroxylation is 1. The van der Waals surface area contributed by atoms with Gasteiger partial charge in [-0.3, -0.25) is 0 Å². The highest BCUT2D eigenvalue weighted by atomic mass is 15.2. The van der Waals surface area contributed by atoms with E-state index in [1.54, 1.807) is 0 Å². The van der Waals surface area contributed by atoms with Crippen LogP contribution < -0.4 is 10.6 Å². The van der Waals surface area contributed by atoms with Crippen LogP contribution in [0.1, 0.15) is 22.9 Å². The summed E-state index contributed by atoms with van der Waals surface area (Å²) in [7, 11) is 2.02. The topological polar surface area (TPSA) is 72.9 Å². The van der Waals surface area contributed by atoms with E-state index in [4.69, 9.17) is 5.73 Å². The third-order valence-electron chi connectivity index (χ3n) is 4.05. The third kappa shape index (κ3) is 4.42. The van der Waals surface area contributed by atoms with Crippen LogP contribution in [0.5, 0.6) is 0 Å². The van der Waals surface area contributed by atoms with Gasteiger partial charge >= 0.3 is 0 Å². The van der Waals surface area contributed by atoms with Crippen LogP contribution in [0.15, 0.2) is 48.8 Å². The van der Waals surface area contributed by atoms with Crippen LogP contribution in [0.4, 0.5) is 5.82 Å². The van der Waals surface area contributed by atoms with Gasteiger partial charge in [-0.25, -0.2) is 15.0 Å². The fourth-order valence-electron chi connectivity index (χ4n) is 2.79. The van der Waals surface area contributed by atoms with Crippen molar-refractivity contribution in [2.75, 3.05) is 18.5 Å². The lowest BCUT2D eigenvalue weighted by molar-refractivity contribution is 0.702. The maximum Gasteiger partial charge on any atom is 0.132 e. The Kier molecular flexibility index (Phi) is 5.40. The van der Waals surface area contributed by atoms with Crippen molar-refractivity contribution < 1.29 is 0 Å². The molecule has 0 aliphatic carbocycles. The van der Waals surface area contributed by atoms with Gasteiger partial charge < -0.3 is 15.2 Å². The average molecular weight is 336 g/mol. The molecule has 25 heavy (non-hydrogen) atoms. The second-order valence-corrected chi connectivity index (χ2v) is 6.12. The molecule has 6 heteroatoms.